The Balaban J connectivity index is 2.46. The fraction of sp³-hybridized carbons (Fsp3) is 0.765. The predicted molar refractivity (Wildman–Crippen MR) is 92.1 cm³/mol. The minimum atomic E-state index is 0.382. The molecule has 0 saturated carbocycles. The van der Waals surface area contributed by atoms with Crippen LogP contribution >= 0.6 is 0 Å². The molecule has 1 rings (SSSR count). The first-order valence-electron chi connectivity index (χ1n) is 8.32. The van der Waals surface area contributed by atoms with Crippen molar-refractivity contribution in [2.24, 2.45) is 10.4 Å². The topological polar surface area (TPSA) is 62.5 Å². The highest BCUT2D eigenvalue weighted by Gasteiger charge is 2.13. The molecular weight excluding hydrogens is 276 g/mol. The predicted octanol–water partition coefficient (Wildman–Crippen LogP) is 3.29. The van der Waals surface area contributed by atoms with Gasteiger partial charge in [0.05, 0.1) is 5.69 Å². The van der Waals surface area contributed by atoms with Gasteiger partial charge in [-0.05, 0) is 24.7 Å². The molecule has 1 aromatic rings. The smallest absolute Gasteiger partial charge is 0.191 e. The van der Waals surface area contributed by atoms with Crippen molar-refractivity contribution >= 4 is 5.96 Å². The van der Waals surface area contributed by atoms with Gasteiger partial charge in [-0.3, -0.25) is 4.99 Å². The highest BCUT2D eigenvalue weighted by atomic mass is 16.5. The van der Waals surface area contributed by atoms with Crippen LogP contribution in [0.4, 0.5) is 0 Å². The first-order chi connectivity index (χ1) is 10.4. The molecule has 0 radical (unpaired) electrons. The van der Waals surface area contributed by atoms with Gasteiger partial charge in [0.2, 0.25) is 0 Å². The van der Waals surface area contributed by atoms with Gasteiger partial charge in [-0.2, -0.15) is 0 Å². The molecule has 0 amide bonds. The Labute approximate surface area is 135 Å². The molecule has 0 aromatic carbocycles. The van der Waals surface area contributed by atoms with E-state index in [9.17, 15) is 0 Å². The van der Waals surface area contributed by atoms with Crippen LogP contribution in [0, 0.1) is 5.41 Å². The summed E-state index contributed by atoms with van der Waals surface area (Å²) in [6, 6.07) is 0. The Morgan fingerprint density at radius 1 is 1.18 bits per heavy atom. The third kappa shape index (κ3) is 6.08. The van der Waals surface area contributed by atoms with E-state index in [0.717, 1.165) is 43.2 Å². The maximum Gasteiger partial charge on any atom is 0.191 e. The number of nitrogens with zero attached hydrogens (tertiary/aromatic N) is 2. The Morgan fingerprint density at radius 2 is 1.91 bits per heavy atom. The minimum absolute atomic E-state index is 0.382. The monoisotopic (exact) mass is 308 g/mol. The average Bonchev–Trinajstić information content (AvgIpc) is 2.87. The van der Waals surface area contributed by atoms with Crippen LogP contribution in [0.1, 0.15) is 64.5 Å². The molecule has 5 heteroatoms. The first-order valence-corrected chi connectivity index (χ1v) is 8.32. The molecule has 0 aliphatic rings. The standard InChI is InChI=1S/C17H32N4O/c1-7-14-13(15(8-2)22-21-14)12-20-16(18-6)19-11-9-10-17(3,4)5/h7-12H2,1-6H3,(H2,18,19,20). The summed E-state index contributed by atoms with van der Waals surface area (Å²) in [4.78, 5) is 4.28. The Bertz CT molecular complexity index is 450. The van der Waals surface area contributed by atoms with E-state index >= 15 is 0 Å². The maximum atomic E-state index is 5.39. The fourth-order valence-corrected chi connectivity index (χ4v) is 2.36. The second-order valence-corrected chi connectivity index (χ2v) is 6.75. The second-order valence-electron chi connectivity index (χ2n) is 6.75. The third-order valence-electron chi connectivity index (χ3n) is 3.66. The Kier molecular flexibility index (Phi) is 7.42. The number of nitrogens with one attached hydrogen (secondary N) is 2. The van der Waals surface area contributed by atoms with Gasteiger partial charge in [0, 0.05) is 32.1 Å². The lowest BCUT2D eigenvalue weighted by molar-refractivity contribution is 0.365. The lowest BCUT2D eigenvalue weighted by Crippen LogP contribution is -2.37. The van der Waals surface area contributed by atoms with Crippen molar-refractivity contribution in [1.82, 2.24) is 15.8 Å². The number of guanidine groups is 1. The Hall–Kier alpha value is -1.52. The van der Waals surface area contributed by atoms with Crippen molar-refractivity contribution in [3.05, 3.63) is 17.0 Å². The molecule has 2 N–H and O–H groups in total. The Morgan fingerprint density at radius 3 is 2.45 bits per heavy atom. The van der Waals surface area contributed by atoms with Gasteiger partial charge in [-0.1, -0.05) is 39.8 Å². The van der Waals surface area contributed by atoms with E-state index in [2.05, 4.69) is 55.4 Å². The van der Waals surface area contributed by atoms with Gasteiger partial charge in [-0.15, -0.1) is 0 Å². The number of rotatable bonds is 7. The SMILES string of the molecule is CCc1noc(CC)c1CNC(=NC)NCCCC(C)(C)C. The fourth-order valence-electron chi connectivity index (χ4n) is 2.36. The first kappa shape index (κ1) is 18.5. The summed E-state index contributed by atoms with van der Waals surface area (Å²) in [5.74, 6) is 1.80. The van der Waals surface area contributed by atoms with Crippen molar-refractivity contribution in [3.63, 3.8) is 0 Å². The van der Waals surface area contributed by atoms with Gasteiger partial charge in [0.25, 0.3) is 0 Å². The average molecular weight is 308 g/mol. The molecule has 0 fully saturated rings. The van der Waals surface area contributed by atoms with Crippen molar-refractivity contribution in [2.45, 2.75) is 66.8 Å². The molecule has 126 valence electrons. The van der Waals surface area contributed by atoms with E-state index < -0.39 is 0 Å². The van der Waals surface area contributed by atoms with Gasteiger partial charge in [0.1, 0.15) is 5.76 Å². The largest absolute Gasteiger partial charge is 0.361 e. The van der Waals surface area contributed by atoms with Crippen LogP contribution in [0.2, 0.25) is 0 Å². The van der Waals surface area contributed by atoms with Crippen LogP contribution in [0.3, 0.4) is 0 Å². The highest BCUT2D eigenvalue weighted by molar-refractivity contribution is 5.79. The molecule has 22 heavy (non-hydrogen) atoms. The minimum Gasteiger partial charge on any atom is -0.361 e. The van der Waals surface area contributed by atoms with E-state index in [1.807, 2.05) is 0 Å². The van der Waals surface area contributed by atoms with Crippen molar-refractivity contribution in [2.75, 3.05) is 13.6 Å². The summed E-state index contributed by atoms with van der Waals surface area (Å²) in [7, 11) is 1.80. The molecule has 0 aliphatic carbocycles. The normalized spacial score (nSPS) is 12.5. The van der Waals surface area contributed by atoms with Crippen LogP contribution in [0.5, 0.6) is 0 Å². The summed E-state index contributed by atoms with van der Waals surface area (Å²) < 4.78 is 5.39. The zero-order valence-corrected chi connectivity index (χ0v) is 15.0. The third-order valence-corrected chi connectivity index (χ3v) is 3.66. The lowest BCUT2D eigenvalue weighted by Gasteiger charge is -2.18. The number of aryl methyl sites for hydroxylation is 2. The molecular formula is C17H32N4O. The van der Waals surface area contributed by atoms with Crippen LogP contribution in [-0.4, -0.2) is 24.7 Å². The number of hydrogen-bond acceptors (Lipinski definition) is 3. The van der Waals surface area contributed by atoms with E-state index in [0.29, 0.717) is 12.0 Å². The van der Waals surface area contributed by atoms with E-state index in [4.69, 9.17) is 4.52 Å². The lowest BCUT2D eigenvalue weighted by atomic mass is 9.91. The van der Waals surface area contributed by atoms with Crippen LogP contribution in [0.15, 0.2) is 9.52 Å². The second kappa shape index (κ2) is 8.81. The highest BCUT2D eigenvalue weighted by Crippen LogP contribution is 2.19. The molecule has 0 atom stereocenters. The van der Waals surface area contributed by atoms with Crippen molar-refractivity contribution in [1.29, 1.82) is 0 Å². The van der Waals surface area contributed by atoms with Gasteiger partial charge in [0.15, 0.2) is 5.96 Å². The molecule has 0 saturated heterocycles. The van der Waals surface area contributed by atoms with Crippen LogP contribution < -0.4 is 10.6 Å². The zero-order chi connectivity index (χ0) is 16.6. The summed E-state index contributed by atoms with van der Waals surface area (Å²) in [5, 5.41) is 10.9. The zero-order valence-electron chi connectivity index (χ0n) is 15.0. The summed E-state index contributed by atoms with van der Waals surface area (Å²) in [6.07, 6.45) is 4.08. The molecule has 0 bridgehead atoms. The molecule has 1 aromatic heterocycles. The van der Waals surface area contributed by atoms with Gasteiger partial charge < -0.3 is 15.2 Å². The number of aliphatic imine (C=N–C) groups is 1. The van der Waals surface area contributed by atoms with Crippen molar-refractivity contribution < 1.29 is 4.52 Å². The summed E-state index contributed by atoms with van der Waals surface area (Å²) in [6.45, 7) is 12.6. The van der Waals surface area contributed by atoms with Crippen molar-refractivity contribution in [3.8, 4) is 0 Å². The van der Waals surface area contributed by atoms with E-state index in [1.165, 1.54) is 12.0 Å². The van der Waals surface area contributed by atoms with Gasteiger partial charge in [-0.25, -0.2) is 0 Å². The molecule has 0 spiro atoms. The summed E-state index contributed by atoms with van der Waals surface area (Å²) >= 11 is 0. The van der Waals surface area contributed by atoms with E-state index in [1.54, 1.807) is 7.05 Å². The molecule has 1 heterocycles. The number of hydrogen-bond donors (Lipinski definition) is 2. The van der Waals surface area contributed by atoms with E-state index in [-0.39, 0.29) is 0 Å². The maximum absolute atomic E-state index is 5.39. The molecule has 0 aliphatic heterocycles. The summed E-state index contributed by atoms with van der Waals surface area (Å²) in [5.41, 5.74) is 2.59. The van der Waals surface area contributed by atoms with Crippen LogP contribution in [0.25, 0.3) is 0 Å². The van der Waals surface area contributed by atoms with Gasteiger partial charge >= 0.3 is 0 Å². The number of aromatic nitrogens is 1. The molecule has 0 unspecified atom stereocenters. The van der Waals surface area contributed by atoms with Crippen LogP contribution in [-0.2, 0) is 19.4 Å². The molecule has 5 nitrogen and oxygen atoms in total. The quantitative estimate of drug-likeness (QED) is 0.461.